The number of Topliss-reactive ketones (excluding diaryl/α,β-unsaturated/α-hetero) is 1. The van der Waals surface area contributed by atoms with Gasteiger partial charge in [-0.15, -0.1) is 0 Å². The molecule has 33 heavy (non-hydrogen) atoms. The van der Waals surface area contributed by atoms with Gasteiger partial charge in [-0.3, -0.25) is 4.79 Å². The minimum Gasteiger partial charge on any atom is -0.497 e. The minimum absolute atomic E-state index is 0.0308. The highest BCUT2D eigenvalue weighted by Crippen LogP contribution is 2.56. The maximum Gasteiger partial charge on any atom is 0.176 e. The first-order valence-electron chi connectivity index (χ1n) is 10.9. The van der Waals surface area contributed by atoms with Gasteiger partial charge in [0.05, 0.1) is 38.4 Å². The van der Waals surface area contributed by atoms with E-state index in [9.17, 15) is 15.3 Å². The van der Waals surface area contributed by atoms with Crippen LogP contribution in [0, 0.1) is 33.5 Å². The van der Waals surface area contributed by atoms with Crippen LogP contribution in [0.4, 0.5) is 5.69 Å². The van der Waals surface area contributed by atoms with Crippen molar-refractivity contribution >= 4 is 17.5 Å². The Hall–Kier alpha value is -3.77. The zero-order chi connectivity index (χ0) is 24.0. The molecular weight excluding hydrogens is 414 g/mol. The van der Waals surface area contributed by atoms with Crippen molar-refractivity contribution in [2.45, 2.75) is 38.8 Å². The van der Waals surface area contributed by atoms with Crippen molar-refractivity contribution in [3.05, 3.63) is 59.7 Å². The van der Waals surface area contributed by atoms with Gasteiger partial charge < -0.3 is 14.4 Å². The number of methoxy groups -OCH3 is 2. The van der Waals surface area contributed by atoms with E-state index in [1.54, 1.807) is 32.4 Å². The molecule has 4 rings (SSSR count). The summed E-state index contributed by atoms with van der Waals surface area (Å²) in [5, 5.41) is 21.0. The van der Waals surface area contributed by atoms with Crippen molar-refractivity contribution in [1.82, 2.24) is 0 Å². The molecule has 168 valence electrons. The Labute approximate surface area is 194 Å². The molecule has 0 aromatic heterocycles. The van der Waals surface area contributed by atoms with E-state index in [0.29, 0.717) is 17.1 Å². The molecule has 0 saturated carbocycles. The summed E-state index contributed by atoms with van der Waals surface area (Å²) >= 11 is 0. The number of para-hydroxylation sites is 1. The molecule has 0 bridgehead atoms. The molecule has 0 aliphatic carbocycles. The van der Waals surface area contributed by atoms with Crippen LogP contribution in [0.2, 0.25) is 0 Å². The topological polar surface area (TPSA) is 86.3 Å². The highest BCUT2D eigenvalue weighted by atomic mass is 16.5. The Balaban J connectivity index is 2.05. The molecule has 6 nitrogen and oxygen atoms in total. The molecule has 0 radical (unpaired) electrons. The zero-order valence-corrected chi connectivity index (χ0v) is 19.5. The quantitative estimate of drug-likeness (QED) is 0.682. The Morgan fingerprint density at radius 3 is 2.18 bits per heavy atom. The number of carbonyl (C=O) groups is 1. The third kappa shape index (κ3) is 3.34. The van der Waals surface area contributed by atoms with Crippen LogP contribution in [-0.4, -0.2) is 32.1 Å². The summed E-state index contributed by atoms with van der Waals surface area (Å²) in [5.74, 6) is 0.328. The lowest BCUT2D eigenvalue weighted by Gasteiger charge is -2.37. The van der Waals surface area contributed by atoms with Crippen molar-refractivity contribution in [3.8, 4) is 23.6 Å². The van der Waals surface area contributed by atoms with Gasteiger partial charge >= 0.3 is 0 Å². The van der Waals surface area contributed by atoms with Crippen LogP contribution in [0.25, 0.3) is 6.08 Å². The van der Waals surface area contributed by atoms with Crippen molar-refractivity contribution in [3.63, 3.8) is 0 Å². The van der Waals surface area contributed by atoms with Gasteiger partial charge in [-0.25, -0.2) is 0 Å². The number of anilines is 1. The van der Waals surface area contributed by atoms with Gasteiger partial charge in [0.15, 0.2) is 11.2 Å². The van der Waals surface area contributed by atoms with Crippen molar-refractivity contribution in [2.75, 3.05) is 19.1 Å². The molecule has 6 heteroatoms. The molecule has 3 atom stereocenters. The molecular formula is C27H27N3O3. The standard InChI is InChI=1S/C27H27N3O3/c1-26(2,3)25(31)24-23(18-12-19(32-4)14-20(13-18)33-5)27(15-28,16-29)22-11-10-17-8-6-7-9-21(17)30(22)24/h6-14,22-24H,1-5H3. The van der Waals surface area contributed by atoms with Gasteiger partial charge in [-0.2, -0.15) is 10.5 Å². The summed E-state index contributed by atoms with van der Waals surface area (Å²) in [5.41, 5.74) is 0.284. The number of nitrogens with zero attached hydrogens (tertiary/aromatic N) is 3. The molecule has 2 heterocycles. The molecule has 1 saturated heterocycles. The summed E-state index contributed by atoms with van der Waals surface area (Å²) in [6, 6.07) is 16.5. The molecule has 2 aromatic carbocycles. The molecule has 0 N–H and O–H groups in total. The maximum absolute atomic E-state index is 14.0. The minimum atomic E-state index is -1.49. The second kappa shape index (κ2) is 7.98. The highest BCUT2D eigenvalue weighted by Gasteiger charge is 2.64. The van der Waals surface area contributed by atoms with Crippen LogP contribution in [0.5, 0.6) is 11.5 Å². The average Bonchev–Trinajstić information content (AvgIpc) is 3.13. The summed E-state index contributed by atoms with van der Waals surface area (Å²) < 4.78 is 10.9. The van der Waals surface area contributed by atoms with Gasteiger partial charge in [-0.05, 0) is 29.3 Å². The highest BCUT2D eigenvalue weighted by molar-refractivity contribution is 5.96. The monoisotopic (exact) mass is 441 g/mol. The lowest BCUT2D eigenvalue weighted by Crippen LogP contribution is -2.47. The predicted octanol–water partition coefficient (Wildman–Crippen LogP) is 4.72. The van der Waals surface area contributed by atoms with E-state index in [1.807, 2.05) is 62.1 Å². The van der Waals surface area contributed by atoms with Crippen molar-refractivity contribution in [2.24, 2.45) is 10.8 Å². The Morgan fingerprint density at radius 1 is 1.03 bits per heavy atom. The predicted molar refractivity (Wildman–Crippen MR) is 126 cm³/mol. The smallest absolute Gasteiger partial charge is 0.176 e. The number of carbonyl (C=O) groups excluding carboxylic acids is 1. The molecule has 2 aliphatic heterocycles. The lowest BCUT2D eigenvalue weighted by molar-refractivity contribution is -0.127. The van der Waals surface area contributed by atoms with Crippen molar-refractivity contribution in [1.29, 1.82) is 10.5 Å². The number of fused-ring (bicyclic) bond motifs is 3. The summed E-state index contributed by atoms with van der Waals surface area (Å²) in [7, 11) is 3.10. The zero-order valence-electron chi connectivity index (χ0n) is 19.5. The molecule has 3 unspecified atom stereocenters. The number of ketones is 1. The first-order chi connectivity index (χ1) is 15.7. The molecule has 2 aromatic rings. The Morgan fingerprint density at radius 2 is 1.64 bits per heavy atom. The fraction of sp³-hybridized carbons (Fsp3) is 0.370. The van der Waals surface area contributed by atoms with Crippen LogP contribution in [-0.2, 0) is 4.79 Å². The van der Waals surface area contributed by atoms with Gasteiger partial charge in [0.2, 0.25) is 0 Å². The van der Waals surface area contributed by atoms with Gasteiger partial charge in [0.25, 0.3) is 0 Å². The lowest BCUT2D eigenvalue weighted by atomic mass is 9.67. The number of benzene rings is 2. The first kappa shape index (κ1) is 22.4. The van der Waals surface area contributed by atoms with E-state index in [-0.39, 0.29) is 5.78 Å². The van der Waals surface area contributed by atoms with Crippen LogP contribution in [0.3, 0.4) is 0 Å². The number of rotatable bonds is 4. The van der Waals surface area contributed by atoms with Gasteiger partial charge in [0.1, 0.15) is 11.5 Å². The van der Waals surface area contributed by atoms with E-state index in [4.69, 9.17) is 9.47 Å². The van der Waals surface area contributed by atoms with E-state index in [1.165, 1.54) is 0 Å². The molecule has 1 fully saturated rings. The second-order valence-corrected chi connectivity index (χ2v) is 9.55. The van der Waals surface area contributed by atoms with E-state index < -0.39 is 28.8 Å². The third-order valence-electron chi connectivity index (χ3n) is 6.66. The molecule has 0 amide bonds. The normalized spacial score (nSPS) is 22.5. The SMILES string of the molecule is COc1cc(OC)cc(C2C(C(=O)C(C)(C)C)N3c4ccccc4C=CC3C2(C#N)C#N)c1. The molecule has 0 spiro atoms. The number of nitriles is 2. The Kier molecular flexibility index (Phi) is 5.42. The number of ether oxygens (including phenoxy) is 2. The molecule has 2 aliphatic rings. The Bertz CT molecular complexity index is 1180. The van der Waals surface area contributed by atoms with Crippen LogP contribution < -0.4 is 14.4 Å². The number of hydrogen-bond acceptors (Lipinski definition) is 6. The van der Waals surface area contributed by atoms with Crippen molar-refractivity contribution < 1.29 is 14.3 Å². The largest absolute Gasteiger partial charge is 0.497 e. The van der Waals surface area contributed by atoms with E-state index >= 15 is 0 Å². The fourth-order valence-electron chi connectivity index (χ4n) is 5.06. The van der Waals surface area contributed by atoms with Crippen LogP contribution in [0.15, 0.2) is 48.5 Å². The van der Waals surface area contributed by atoms with E-state index in [2.05, 4.69) is 12.1 Å². The fourth-order valence-corrected chi connectivity index (χ4v) is 5.06. The number of hydrogen-bond donors (Lipinski definition) is 0. The van der Waals surface area contributed by atoms with E-state index in [0.717, 1.165) is 11.3 Å². The first-order valence-corrected chi connectivity index (χ1v) is 10.9. The summed E-state index contributed by atoms with van der Waals surface area (Å²) in [4.78, 5) is 16.0. The summed E-state index contributed by atoms with van der Waals surface area (Å²) in [6.45, 7) is 5.62. The third-order valence-corrected chi connectivity index (χ3v) is 6.66. The van der Waals surface area contributed by atoms with Crippen LogP contribution in [0.1, 0.15) is 37.8 Å². The summed E-state index contributed by atoms with van der Waals surface area (Å²) in [6.07, 6.45) is 3.82. The van der Waals surface area contributed by atoms with Gasteiger partial charge in [-0.1, -0.05) is 51.1 Å². The van der Waals surface area contributed by atoms with Gasteiger partial charge in [0, 0.05) is 23.1 Å². The maximum atomic E-state index is 14.0. The average molecular weight is 442 g/mol. The van der Waals surface area contributed by atoms with Crippen LogP contribution >= 0.6 is 0 Å². The second-order valence-electron chi connectivity index (χ2n) is 9.55.